The largest absolute Gasteiger partial charge is 0.464 e. The van der Waals surface area contributed by atoms with Crippen molar-refractivity contribution in [1.29, 1.82) is 0 Å². The lowest BCUT2D eigenvalue weighted by molar-refractivity contribution is 0.0595. The van der Waals surface area contributed by atoms with E-state index < -0.39 is 0 Å². The van der Waals surface area contributed by atoms with E-state index in [0.717, 1.165) is 9.26 Å². The number of aromatic amines is 1. The molecule has 0 aromatic carbocycles. The van der Waals surface area contributed by atoms with Crippen LogP contribution < -0.4 is 0 Å². The Morgan fingerprint density at radius 1 is 1.60 bits per heavy atom. The molecule has 0 aliphatic heterocycles. The number of hydrogen-bond donors (Lipinski definition) is 1. The van der Waals surface area contributed by atoms with Crippen molar-refractivity contribution >= 4 is 28.6 Å². The van der Waals surface area contributed by atoms with Crippen molar-refractivity contribution in [3.63, 3.8) is 0 Å². The predicted octanol–water partition coefficient (Wildman–Crippen LogP) is 2.67. The first-order chi connectivity index (χ1) is 7.22. The summed E-state index contributed by atoms with van der Waals surface area (Å²) < 4.78 is 10.8. The van der Waals surface area contributed by atoms with Gasteiger partial charge in [-0.15, -0.1) is 0 Å². The zero-order valence-electron chi connectivity index (χ0n) is 7.91. The second-order valence-electron chi connectivity index (χ2n) is 2.87. The second-order valence-corrected chi connectivity index (χ2v) is 4.04. The van der Waals surface area contributed by atoms with Crippen LogP contribution in [-0.4, -0.2) is 18.1 Å². The smallest absolute Gasteiger partial charge is 0.354 e. The summed E-state index contributed by atoms with van der Waals surface area (Å²) in [5.41, 5.74) is 1.22. The lowest BCUT2D eigenvalue weighted by Crippen LogP contribution is -2.00. The average molecular weight is 317 g/mol. The fourth-order valence-electron chi connectivity index (χ4n) is 1.25. The lowest BCUT2D eigenvalue weighted by atomic mass is 10.3. The number of furan rings is 1. The van der Waals surface area contributed by atoms with Crippen molar-refractivity contribution in [2.45, 2.75) is 0 Å². The van der Waals surface area contributed by atoms with Crippen molar-refractivity contribution in [1.82, 2.24) is 4.98 Å². The van der Waals surface area contributed by atoms with Gasteiger partial charge in [0.1, 0.15) is 5.69 Å². The highest BCUT2D eigenvalue weighted by Crippen LogP contribution is 2.25. The molecule has 0 atom stereocenters. The zero-order valence-corrected chi connectivity index (χ0v) is 10.1. The molecule has 2 heterocycles. The number of hydrogen-bond acceptors (Lipinski definition) is 3. The summed E-state index contributed by atoms with van der Waals surface area (Å²) in [6.45, 7) is 0. The van der Waals surface area contributed by atoms with E-state index in [1.165, 1.54) is 7.11 Å². The van der Waals surface area contributed by atoms with Gasteiger partial charge in [0.15, 0.2) is 5.76 Å². The monoisotopic (exact) mass is 317 g/mol. The van der Waals surface area contributed by atoms with Crippen LogP contribution in [0.1, 0.15) is 10.5 Å². The number of carbonyl (C=O) groups is 1. The highest BCUT2D eigenvalue weighted by atomic mass is 127. The molecule has 78 valence electrons. The molecule has 0 radical (unpaired) electrons. The Morgan fingerprint density at radius 3 is 3.00 bits per heavy atom. The molecule has 0 saturated carbocycles. The molecule has 15 heavy (non-hydrogen) atoms. The van der Waals surface area contributed by atoms with Crippen LogP contribution in [0.15, 0.2) is 28.9 Å². The number of rotatable bonds is 2. The van der Waals surface area contributed by atoms with Crippen LogP contribution >= 0.6 is 22.6 Å². The van der Waals surface area contributed by atoms with E-state index in [2.05, 4.69) is 32.3 Å². The number of halogens is 1. The first-order valence-corrected chi connectivity index (χ1v) is 5.31. The van der Waals surface area contributed by atoms with Gasteiger partial charge >= 0.3 is 5.97 Å². The SMILES string of the molecule is COC(=O)c1cc(I)c(-c2ccco2)[nH]1. The van der Waals surface area contributed by atoms with E-state index in [1.807, 2.05) is 6.07 Å². The third kappa shape index (κ3) is 1.92. The van der Waals surface area contributed by atoms with Crippen molar-refractivity contribution < 1.29 is 13.9 Å². The number of H-pyrrole nitrogens is 1. The topological polar surface area (TPSA) is 55.2 Å². The van der Waals surface area contributed by atoms with E-state index in [0.29, 0.717) is 11.5 Å². The molecule has 0 unspecified atom stereocenters. The van der Waals surface area contributed by atoms with E-state index in [-0.39, 0.29) is 5.97 Å². The third-order valence-electron chi connectivity index (χ3n) is 1.94. The number of ether oxygens (including phenoxy) is 1. The summed E-state index contributed by atoms with van der Waals surface area (Å²) >= 11 is 2.13. The van der Waals surface area contributed by atoms with Gasteiger partial charge in [0, 0.05) is 3.57 Å². The van der Waals surface area contributed by atoms with Crippen LogP contribution in [0.25, 0.3) is 11.5 Å². The fourth-order valence-corrected chi connectivity index (χ4v) is 1.96. The standard InChI is InChI=1S/C10H8INO3/c1-14-10(13)7-5-6(11)9(12-7)8-3-2-4-15-8/h2-5,12H,1H3. The molecule has 0 amide bonds. The van der Waals surface area contributed by atoms with Gasteiger partial charge in [0.05, 0.1) is 19.1 Å². The van der Waals surface area contributed by atoms with Gasteiger partial charge < -0.3 is 14.1 Å². The summed E-state index contributed by atoms with van der Waals surface area (Å²) in [5, 5.41) is 0. The Kier molecular flexibility index (Phi) is 2.81. The predicted molar refractivity (Wildman–Crippen MR) is 62.6 cm³/mol. The summed E-state index contributed by atoms with van der Waals surface area (Å²) in [6, 6.07) is 5.35. The minimum atomic E-state index is -0.384. The van der Waals surface area contributed by atoms with Crippen LogP contribution in [0.2, 0.25) is 0 Å². The fraction of sp³-hybridized carbons (Fsp3) is 0.100. The van der Waals surface area contributed by atoms with Crippen molar-refractivity contribution in [3.8, 4) is 11.5 Å². The second kappa shape index (κ2) is 4.09. The van der Waals surface area contributed by atoms with Crippen LogP contribution in [0.4, 0.5) is 0 Å². The number of nitrogens with one attached hydrogen (secondary N) is 1. The number of esters is 1. The van der Waals surface area contributed by atoms with Gasteiger partial charge in [0.25, 0.3) is 0 Å². The summed E-state index contributed by atoms with van der Waals surface area (Å²) in [7, 11) is 1.35. The van der Waals surface area contributed by atoms with Gasteiger partial charge in [0.2, 0.25) is 0 Å². The molecule has 0 saturated heterocycles. The molecular formula is C10H8INO3. The van der Waals surface area contributed by atoms with Crippen molar-refractivity contribution in [3.05, 3.63) is 33.7 Å². The number of aromatic nitrogens is 1. The maximum Gasteiger partial charge on any atom is 0.354 e. The maximum absolute atomic E-state index is 11.3. The first-order valence-electron chi connectivity index (χ1n) is 4.23. The van der Waals surface area contributed by atoms with E-state index in [1.54, 1.807) is 18.4 Å². The van der Waals surface area contributed by atoms with Crippen LogP contribution in [-0.2, 0) is 4.74 Å². The van der Waals surface area contributed by atoms with Gasteiger partial charge in [-0.3, -0.25) is 0 Å². The minimum absolute atomic E-state index is 0.384. The first kappa shape index (κ1) is 10.3. The Balaban J connectivity index is 2.42. The molecular weight excluding hydrogens is 309 g/mol. The summed E-state index contributed by atoms with van der Waals surface area (Å²) in [5.74, 6) is 0.320. The Morgan fingerprint density at radius 2 is 2.40 bits per heavy atom. The number of methoxy groups -OCH3 is 1. The normalized spacial score (nSPS) is 10.3. The highest BCUT2D eigenvalue weighted by Gasteiger charge is 2.14. The zero-order chi connectivity index (χ0) is 10.8. The van der Waals surface area contributed by atoms with Crippen molar-refractivity contribution in [2.75, 3.05) is 7.11 Å². The minimum Gasteiger partial charge on any atom is -0.464 e. The van der Waals surface area contributed by atoms with Gasteiger partial charge in [-0.1, -0.05) is 0 Å². The molecule has 0 aliphatic carbocycles. The summed E-state index contributed by atoms with van der Waals surface area (Å²) in [4.78, 5) is 14.2. The van der Waals surface area contributed by atoms with Gasteiger partial charge in [-0.05, 0) is 40.8 Å². The number of carbonyl (C=O) groups excluding carboxylic acids is 1. The maximum atomic E-state index is 11.3. The molecule has 1 N–H and O–H groups in total. The molecule has 0 spiro atoms. The third-order valence-corrected chi connectivity index (χ3v) is 2.79. The Hall–Kier alpha value is -1.24. The highest BCUT2D eigenvalue weighted by molar-refractivity contribution is 14.1. The molecule has 0 fully saturated rings. The average Bonchev–Trinajstić information content (AvgIpc) is 2.84. The van der Waals surface area contributed by atoms with E-state index >= 15 is 0 Å². The summed E-state index contributed by atoms with van der Waals surface area (Å²) in [6.07, 6.45) is 1.59. The van der Waals surface area contributed by atoms with E-state index in [9.17, 15) is 4.79 Å². The van der Waals surface area contributed by atoms with Crippen LogP contribution in [0.5, 0.6) is 0 Å². The molecule has 5 heteroatoms. The van der Waals surface area contributed by atoms with Gasteiger partial charge in [-0.25, -0.2) is 4.79 Å². The molecule has 0 aliphatic rings. The van der Waals surface area contributed by atoms with Gasteiger partial charge in [-0.2, -0.15) is 0 Å². The van der Waals surface area contributed by atoms with E-state index in [4.69, 9.17) is 4.42 Å². The van der Waals surface area contributed by atoms with Crippen LogP contribution in [0, 0.1) is 3.57 Å². The molecule has 2 aromatic heterocycles. The van der Waals surface area contributed by atoms with Crippen LogP contribution in [0.3, 0.4) is 0 Å². The molecule has 0 bridgehead atoms. The molecule has 2 rings (SSSR count). The Bertz CT molecular complexity index is 473. The lowest BCUT2D eigenvalue weighted by Gasteiger charge is -1.94. The Labute approximate surface area is 99.8 Å². The molecule has 4 nitrogen and oxygen atoms in total. The van der Waals surface area contributed by atoms with Crippen molar-refractivity contribution in [2.24, 2.45) is 0 Å². The quantitative estimate of drug-likeness (QED) is 0.684. The molecule has 2 aromatic rings.